The van der Waals surface area contributed by atoms with Gasteiger partial charge in [-0.3, -0.25) is 4.99 Å². The van der Waals surface area contributed by atoms with Crippen molar-refractivity contribution in [1.82, 2.24) is 9.80 Å². The van der Waals surface area contributed by atoms with Crippen molar-refractivity contribution in [2.75, 3.05) is 46.9 Å². The van der Waals surface area contributed by atoms with E-state index in [1.165, 1.54) is 5.56 Å². The second-order valence-electron chi connectivity index (χ2n) is 5.61. The van der Waals surface area contributed by atoms with Gasteiger partial charge in [-0.1, -0.05) is 6.07 Å². The number of nitrogens with zero attached hydrogens (tertiary/aromatic N) is 3. The monoisotopic (exact) mass is 290 g/mol. The van der Waals surface area contributed by atoms with Crippen molar-refractivity contribution < 1.29 is 9.47 Å². The molecule has 0 aliphatic carbocycles. The van der Waals surface area contributed by atoms with E-state index in [1.54, 1.807) is 0 Å². The average molecular weight is 290 g/mol. The van der Waals surface area contributed by atoms with Gasteiger partial charge in [-0.15, -0.1) is 0 Å². The summed E-state index contributed by atoms with van der Waals surface area (Å²) in [4.78, 5) is 8.70. The van der Waals surface area contributed by atoms with E-state index >= 15 is 0 Å². The molecule has 2 heterocycles. The summed E-state index contributed by atoms with van der Waals surface area (Å²) in [6, 6.07) is 6.29. The molecular weight excluding hydrogens is 268 g/mol. The molecule has 6 heteroatoms. The highest BCUT2D eigenvalue weighted by Gasteiger charge is 2.28. The lowest BCUT2D eigenvalue weighted by atomic mass is 10.1. The molecule has 1 atom stereocenters. The Bertz CT molecular complexity index is 544. The molecular formula is C15H22N4O2. The van der Waals surface area contributed by atoms with Gasteiger partial charge < -0.3 is 25.0 Å². The summed E-state index contributed by atoms with van der Waals surface area (Å²) in [5.41, 5.74) is 7.20. The molecule has 2 N–H and O–H groups in total. The average Bonchev–Trinajstić information content (AvgIpc) is 2.85. The van der Waals surface area contributed by atoms with Gasteiger partial charge in [0.05, 0.1) is 12.6 Å². The van der Waals surface area contributed by atoms with Gasteiger partial charge in [-0.05, 0) is 31.8 Å². The Hall–Kier alpha value is -1.95. The largest absolute Gasteiger partial charge is 0.486 e. The predicted molar refractivity (Wildman–Crippen MR) is 81.9 cm³/mol. The molecule has 0 amide bonds. The second-order valence-corrected chi connectivity index (χ2v) is 5.61. The Labute approximate surface area is 125 Å². The highest BCUT2D eigenvalue weighted by atomic mass is 16.6. The van der Waals surface area contributed by atoms with E-state index < -0.39 is 0 Å². The number of aliphatic imine (C=N–C) groups is 1. The molecule has 0 radical (unpaired) electrons. The molecule has 2 aliphatic rings. The Morgan fingerprint density at radius 2 is 2.05 bits per heavy atom. The number of hydrogen-bond donors (Lipinski definition) is 1. The lowest BCUT2D eigenvalue weighted by molar-refractivity contribution is 0.171. The van der Waals surface area contributed by atoms with Crippen LogP contribution in [0.4, 0.5) is 0 Å². The van der Waals surface area contributed by atoms with Crippen molar-refractivity contribution in [3.8, 4) is 11.5 Å². The van der Waals surface area contributed by atoms with E-state index in [2.05, 4.69) is 41.0 Å². The van der Waals surface area contributed by atoms with E-state index in [4.69, 9.17) is 15.2 Å². The smallest absolute Gasteiger partial charge is 0.191 e. The number of nitrogens with two attached hydrogens (primary N) is 1. The van der Waals surface area contributed by atoms with Crippen molar-refractivity contribution in [1.29, 1.82) is 0 Å². The van der Waals surface area contributed by atoms with Crippen LogP contribution in [-0.2, 0) is 0 Å². The van der Waals surface area contributed by atoms with Crippen LogP contribution in [0.3, 0.4) is 0 Å². The van der Waals surface area contributed by atoms with Crippen LogP contribution < -0.4 is 15.2 Å². The van der Waals surface area contributed by atoms with Gasteiger partial charge in [0, 0.05) is 13.1 Å². The molecule has 3 rings (SSSR count). The van der Waals surface area contributed by atoms with E-state index in [1.807, 2.05) is 6.07 Å². The summed E-state index contributed by atoms with van der Waals surface area (Å²) in [7, 11) is 4.12. The zero-order chi connectivity index (χ0) is 14.8. The number of likely N-dealkylation sites (N-methyl/N-ethyl adjacent to an activating group) is 1. The standard InChI is InChI=1S/C15H22N4O2/c1-18(2)5-6-19-12(10-17-15(19)16)11-3-4-13-14(9-11)21-8-7-20-13/h3-4,9,12H,5-8,10H2,1-2H3,(H2,16,17). The van der Waals surface area contributed by atoms with Crippen molar-refractivity contribution in [2.24, 2.45) is 10.7 Å². The van der Waals surface area contributed by atoms with Gasteiger partial charge in [0.25, 0.3) is 0 Å². The summed E-state index contributed by atoms with van der Waals surface area (Å²) in [6.07, 6.45) is 0. The predicted octanol–water partition coefficient (Wildman–Crippen LogP) is 0.691. The van der Waals surface area contributed by atoms with Crippen LogP contribution in [0.5, 0.6) is 11.5 Å². The Kier molecular flexibility index (Phi) is 3.88. The Morgan fingerprint density at radius 3 is 2.81 bits per heavy atom. The fourth-order valence-corrected chi connectivity index (χ4v) is 2.66. The zero-order valence-corrected chi connectivity index (χ0v) is 12.6. The van der Waals surface area contributed by atoms with Crippen LogP contribution in [0.25, 0.3) is 0 Å². The normalized spacial score (nSPS) is 20.8. The molecule has 0 aromatic heterocycles. The van der Waals surface area contributed by atoms with Crippen molar-refractivity contribution in [2.45, 2.75) is 6.04 Å². The van der Waals surface area contributed by atoms with E-state index in [-0.39, 0.29) is 6.04 Å². The summed E-state index contributed by atoms with van der Waals surface area (Å²) in [5, 5.41) is 0. The fraction of sp³-hybridized carbons (Fsp3) is 0.533. The molecule has 0 saturated carbocycles. The molecule has 1 aromatic rings. The third-order valence-electron chi connectivity index (χ3n) is 3.84. The van der Waals surface area contributed by atoms with Gasteiger partial charge in [0.1, 0.15) is 13.2 Å². The molecule has 1 aromatic carbocycles. The first kappa shape index (κ1) is 14.0. The molecule has 21 heavy (non-hydrogen) atoms. The third-order valence-corrected chi connectivity index (χ3v) is 3.84. The van der Waals surface area contributed by atoms with E-state index in [0.717, 1.165) is 24.6 Å². The topological polar surface area (TPSA) is 63.3 Å². The summed E-state index contributed by atoms with van der Waals surface area (Å²) >= 11 is 0. The zero-order valence-electron chi connectivity index (χ0n) is 12.6. The quantitative estimate of drug-likeness (QED) is 0.884. The van der Waals surface area contributed by atoms with Crippen LogP contribution in [0.1, 0.15) is 11.6 Å². The first-order chi connectivity index (χ1) is 10.1. The first-order valence-corrected chi connectivity index (χ1v) is 7.26. The molecule has 0 saturated heterocycles. The summed E-state index contributed by atoms with van der Waals surface area (Å²) in [6.45, 7) is 3.71. The lowest BCUT2D eigenvalue weighted by Crippen LogP contribution is -2.40. The summed E-state index contributed by atoms with van der Waals surface area (Å²) in [5.74, 6) is 2.25. The van der Waals surface area contributed by atoms with E-state index in [0.29, 0.717) is 25.7 Å². The van der Waals surface area contributed by atoms with Crippen molar-refractivity contribution in [3.05, 3.63) is 23.8 Å². The molecule has 0 spiro atoms. The van der Waals surface area contributed by atoms with Gasteiger partial charge in [-0.2, -0.15) is 0 Å². The first-order valence-electron chi connectivity index (χ1n) is 7.26. The maximum Gasteiger partial charge on any atom is 0.191 e. The van der Waals surface area contributed by atoms with Gasteiger partial charge in [0.15, 0.2) is 17.5 Å². The number of fused-ring (bicyclic) bond motifs is 1. The number of hydrogen-bond acceptors (Lipinski definition) is 6. The molecule has 114 valence electrons. The SMILES string of the molecule is CN(C)CCN1C(N)=NCC1c1ccc2c(c1)OCCO2. The molecule has 2 aliphatic heterocycles. The Balaban J connectivity index is 1.79. The van der Waals surface area contributed by atoms with E-state index in [9.17, 15) is 0 Å². The molecule has 0 bridgehead atoms. The van der Waals surface area contributed by atoms with Crippen LogP contribution in [0.2, 0.25) is 0 Å². The highest BCUT2D eigenvalue weighted by molar-refractivity contribution is 5.80. The van der Waals surface area contributed by atoms with Crippen LogP contribution >= 0.6 is 0 Å². The minimum Gasteiger partial charge on any atom is -0.486 e. The molecule has 6 nitrogen and oxygen atoms in total. The second kappa shape index (κ2) is 5.81. The highest BCUT2D eigenvalue weighted by Crippen LogP contribution is 2.35. The van der Waals surface area contributed by atoms with Crippen molar-refractivity contribution >= 4 is 5.96 Å². The number of rotatable bonds is 4. The van der Waals surface area contributed by atoms with Crippen LogP contribution in [-0.4, -0.2) is 62.7 Å². The number of ether oxygens (including phenoxy) is 2. The third kappa shape index (κ3) is 2.90. The van der Waals surface area contributed by atoms with Gasteiger partial charge in [0.2, 0.25) is 0 Å². The maximum atomic E-state index is 6.03. The van der Waals surface area contributed by atoms with Gasteiger partial charge >= 0.3 is 0 Å². The Morgan fingerprint density at radius 1 is 1.29 bits per heavy atom. The lowest BCUT2D eigenvalue weighted by Gasteiger charge is -2.28. The molecule has 1 unspecified atom stereocenters. The summed E-state index contributed by atoms with van der Waals surface area (Å²) < 4.78 is 11.2. The van der Waals surface area contributed by atoms with Crippen LogP contribution in [0.15, 0.2) is 23.2 Å². The molecule has 0 fully saturated rings. The van der Waals surface area contributed by atoms with Crippen molar-refractivity contribution in [3.63, 3.8) is 0 Å². The maximum absolute atomic E-state index is 6.03. The minimum atomic E-state index is 0.181. The van der Waals surface area contributed by atoms with Gasteiger partial charge in [-0.25, -0.2) is 0 Å². The fourth-order valence-electron chi connectivity index (χ4n) is 2.66. The minimum absolute atomic E-state index is 0.181. The number of benzene rings is 1. The van der Waals surface area contributed by atoms with Crippen LogP contribution in [0, 0.1) is 0 Å². The number of guanidine groups is 1.